The standard InChI is InChI=1S/C14H19N3O2/c1-3-4-18-13-7-11(15)6-12(8-13)16-9-14-5-10(2)17-19-14/h5-8,16H,3-4,9,15H2,1-2H3. The highest BCUT2D eigenvalue weighted by Gasteiger charge is 2.03. The fourth-order valence-electron chi connectivity index (χ4n) is 1.72. The molecule has 1 heterocycles. The van der Waals surface area contributed by atoms with Crippen molar-refractivity contribution in [3.63, 3.8) is 0 Å². The molecular weight excluding hydrogens is 242 g/mol. The van der Waals surface area contributed by atoms with E-state index in [0.29, 0.717) is 18.8 Å². The number of nitrogens with zero attached hydrogens (tertiary/aromatic N) is 1. The second-order valence-electron chi connectivity index (χ2n) is 4.43. The average molecular weight is 261 g/mol. The van der Waals surface area contributed by atoms with E-state index in [9.17, 15) is 0 Å². The second kappa shape index (κ2) is 6.13. The van der Waals surface area contributed by atoms with E-state index in [1.54, 1.807) is 0 Å². The number of anilines is 2. The molecule has 0 amide bonds. The molecule has 0 aliphatic rings. The topological polar surface area (TPSA) is 73.3 Å². The van der Waals surface area contributed by atoms with E-state index >= 15 is 0 Å². The molecule has 0 fully saturated rings. The summed E-state index contributed by atoms with van der Waals surface area (Å²) in [4.78, 5) is 0. The zero-order valence-corrected chi connectivity index (χ0v) is 11.3. The molecule has 1 aromatic heterocycles. The first-order chi connectivity index (χ1) is 9.17. The van der Waals surface area contributed by atoms with Gasteiger partial charge in [-0.1, -0.05) is 12.1 Å². The lowest BCUT2D eigenvalue weighted by molar-refractivity contribution is 0.318. The van der Waals surface area contributed by atoms with Crippen molar-refractivity contribution in [1.82, 2.24) is 5.16 Å². The van der Waals surface area contributed by atoms with Gasteiger partial charge in [0.25, 0.3) is 0 Å². The first kappa shape index (κ1) is 13.3. The Kier molecular flexibility index (Phi) is 4.28. The molecule has 0 saturated heterocycles. The number of hydrogen-bond acceptors (Lipinski definition) is 5. The Bertz CT molecular complexity index is 537. The van der Waals surface area contributed by atoms with Crippen LogP contribution in [0.25, 0.3) is 0 Å². The van der Waals surface area contributed by atoms with E-state index in [0.717, 1.165) is 29.3 Å². The van der Waals surface area contributed by atoms with Gasteiger partial charge in [-0.25, -0.2) is 0 Å². The molecule has 5 heteroatoms. The Morgan fingerprint density at radius 1 is 1.32 bits per heavy atom. The minimum atomic E-state index is 0.567. The maximum atomic E-state index is 5.85. The maximum Gasteiger partial charge on any atom is 0.156 e. The van der Waals surface area contributed by atoms with Crippen molar-refractivity contribution < 1.29 is 9.26 Å². The summed E-state index contributed by atoms with van der Waals surface area (Å²) in [5.41, 5.74) is 8.29. The van der Waals surface area contributed by atoms with Gasteiger partial charge in [-0.05, 0) is 19.4 Å². The van der Waals surface area contributed by atoms with E-state index in [-0.39, 0.29) is 0 Å². The number of aryl methyl sites for hydroxylation is 1. The molecule has 1 aromatic carbocycles. The Hall–Kier alpha value is -2.17. The van der Waals surface area contributed by atoms with Gasteiger partial charge in [-0.2, -0.15) is 0 Å². The summed E-state index contributed by atoms with van der Waals surface area (Å²) < 4.78 is 10.7. The molecule has 0 aliphatic heterocycles. The Labute approximate surface area is 112 Å². The highest BCUT2D eigenvalue weighted by molar-refractivity contribution is 5.59. The highest BCUT2D eigenvalue weighted by Crippen LogP contribution is 2.23. The molecule has 3 N–H and O–H groups in total. The van der Waals surface area contributed by atoms with Crippen LogP contribution >= 0.6 is 0 Å². The number of rotatable bonds is 6. The van der Waals surface area contributed by atoms with Crippen molar-refractivity contribution in [1.29, 1.82) is 0 Å². The second-order valence-corrected chi connectivity index (χ2v) is 4.43. The van der Waals surface area contributed by atoms with Crippen molar-refractivity contribution >= 4 is 11.4 Å². The van der Waals surface area contributed by atoms with Crippen molar-refractivity contribution in [3.05, 3.63) is 35.7 Å². The summed E-state index contributed by atoms with van der Waals surface area (Å²) in [6.45, 7) is 5.21. The summed E-state index contributed by atoms with van der Waals surface area (Å²) in [5, 5.41) is 7.08. The normalized spacial score (nSPS) is 10.4. The third-order valence-corrected chi connectivity index (χ3v) is 2.55. The van der Waals surface area contributed by atoms with Gasteiger partial charge in [0, 0.05) is 29.6 Å². The fourth-order valence-corrected chi connectivity index (χ4v) is 1.72. The predicted octanol–water partition coefficient (Wildman–Crippen LogP) is 2.97. The third kappa shape index (κ3) is 3.91. The molecule has 2 aromatic rings. The largest absolute Gasteiger partial charge is 0.493 e. The van der Waals surface area contributed by atoms with Crippen LogP contribution in [-0.2, 0) is 6.54 Å². The molecule has 0 bridgehead atoms. The molecule has 0 unspecified atom stereocenters. The summed E-state index contributed by atoms with van der Waals surface area (Å²) in [6.07, 6.45) is 0.967. The Morgan fingerprint density at radius 3 is 2.84 bits per heavy atom. The highest BCUT2D eigenvalue weighted by atomic mass is 16.5. The van der Waals surface area contributed by atoms with Crippen molar-refractivity contribution in [2.45, 2.75) is 26.8 Å². The van der Waals surface area contributed by atoms with Gasteiger partial charge in [0.1, 0.15) is 5.75 Å². The smallest absolute Gasteiger partial charge is 0.156 e. The predicted molar refractivity (Wildman–Crippen MR) is 75.2 cm³/mol. The third-order valence-electron chi connectivity index (χ3n) is 2.55. The Balaban J connectivity index is 2.01. The molecule has 0 saturated carbocycles. The average Bonchev–Trinajstić information content (AvgIpc) is 2.79. The number of nitrogen functional groups attached to an aromatic ring is 1. The lowest BCUT2D eigenvalue weighted by atomic mass is 10.2. The van der Waals surface area contributed by atoms with Gasteiger partial charge >= 0.3 is 0 Å². The van der Waals surface area contributed by atoms with Gasteiger partial charge in [-0.3, -0.25) is 0 Å². The van der Waals surface area contributed by atoms with Crippen molar-refractivity contribution in [2.75, 3.05) is 17.7 Å². The Morgan fingerprint density at radius 2 is 2.16 bits per heavy atom. The minimum absolute atomic E-state index is 0.567. The zero-order valence-electron chi connectivity index (χ0n) is 11.3. The lowest BCUT2D eigenvalue weighted by Gasteiger charge is -2.10. The number of aromatic nitrogens is 1. The molecule has 0 spiro atoms. The number of nitrogens with one attached hydrogen (secondary N) is 1. The van der Waals surface area contributed by atoms with E-state index in [1.807, 2.05) is 31.2 Å². The van der Waals surface area contributed by atoms with Crippen LogP contribution in [-0.4, -0.2) is 11.8 Å². The fraction of sp³-hybridized carbons (Fsp3) is 0.357. The van der Waals surface area contributed by atoms with Crippen molar-refractivity contribution in [3.8, 4) is 5.75 Å². The first-order valence-electron chi connectivity index (χ1n) is 6.37. The van der Waals surface area contributed by atoms with Gasteiger partial charge in [0.05, 0.1) is 18.8 Å². The van der Waals surface area contributed by atoms with E-state index in [4.69, 9.17) is 15.0 Å². The first-order valence-corrected chi connectivity index (χ1v) is 6.37. The van der Waals surface area contributed by atoms with Crippen LogP contribution in [0.5, 0.6) is 5.75 Å². The number of hydrogen-bond donors (Lipinski definition) is 2. The molecule has 0 radical (unpaired) electrons. The van der Waals surface area contributed by atoms with Crippen LogP contribution in [0.1, 0.15) is 24.8 Å². The van der Waals surface area contributed by atoms with E-state index in [2.05, 4.69) is 17.4 Å². The number of ether oxygens (including phenoxy) is 1. The van der Waals surface area contributed by atoms with E-state index < -0.39 is 0 Å². The van der Waals surface area contributed by atoms with E-state index in [1.165, 1.54) is 0 Å². The summed E-state index contributed by atoms with van der Waals surface area (Å²) in [6, 6.07) is 7.50. The maximum absolute atomic E-state index is 5.85. The zero-order chi connectivity index (χ0) is 13.7. The van der Waals surface area contributed by atoms with Crippen LogP contribution in [0.2, 0.25) is 0 Å². The minimum Gasteiger partial charge on any atom is -0.493 e. The van der Waals surface area contributed by atoms with Crippen LogP contribution < -0.4 is 15.8 Å². The van der Waals surface area contributed by atoms with Crippen LogP contribution in [0.15, 0.2) is 28.8 Å². The molecule has 0 aliphatic carbocycles. The van der Waals surface area contributed by atoms with Gasteiger partial charge < -0.3 is 20.3 Å². The SMILES string of the molecule is CCCOc1cc(N)cc(NCc2cc(C)no2)c1. The monoisotopic (exact) mass is 261 g/mol. The molecule has 2 rings (SSSR count). The van der Waals surface area contributed by atoms with Crippen LogP contribution in [0.4, 0.5) is 11.4 Å². The van der Waals surface area contributed by atoms with Gasteiger partial charge in [0.15, 0.2) is 5.76 Å². The molecule has 0 atom stereocenters. The van der Waals surface area contributed by atoms with Gasteiger partial charge in [-0.15, -0.1) is 0 Å². The summed E-state index contributed by atoms with van der Waals surface area (Å²) in [5.74, 6) is 1.56. The number of nitrogens with two attached hydrogens (primary N) is 1. The van der Waals surface area contributed by atoms with Crippen LogP contribution in [0, 0.1) is 6.92 Å². The summed E-state index contributed by atoms with van der Waals surface area (Å²) >= 11 is 0. The van der Waals surface area contributed by atoms with Gasteiger partial charge in [0.2, 0.25) is 0 Å². The quantitative estimate of drug-likeness (QED) is 0.782. The van der Waals surface area contributed by atoms with Crippen LogP contribution in [0.3, 0.4) is 0 Å². The molecule has 102 valence electrons. The number of benzene rings is 1. The van der Waals surface area contributed by atoms with Crippen molar-refractivity contribution in [2.24, 2.45) is 0 Å². The molecular formula is C14H19N3O2. The summed E-state index contributed by atoms with van der Waals surface area (Å²) in [7, 11) is 0. The molecule has 19 heavy (non-hydrogen) atoms. The lowest BCUT2D eigenvalue weighted by Crippen LogP contribution is -2.01. The molecule has 5 nitrogen and oxygen atoms in total.